The Morgan fingerprint density at radius 1 is 1.12 bits per heavy atom. The summed E-state index contributed by atoms with van der Waals surface area (Å²) in [6.07, 6.45) is 15.1. The largest absolute Gasteiger partial charge is 0.403 e. The van der Waals surface area contributed by atoms with Crippen molar-refractivity contribution in [2.75, 3.05) is 33.2 Å². The minimum absolute atomic E-state index is 0.591. The van der Waals surface area contributed by atoms with E-state index in [0.717, 1.165) is 18.2 Å². The minimum atomic E-state index is 0.591. The van der Waals surface area contributed by atoms with E-state index in [4.69, 9.17) is 5.73 Å². The predicted octanol–water partition coefficient (Wildman–Crippen LogP) is 4.39. The first-order valence-electron chi connectivity index (χ1n) is 10.8. The van der Waals surface area contributed by atoms with E-state index in [2.05, 4.69) is 30.4 Å². The van der Waals surface area contributed by atoms with Gasteiger partial charge in [0.2, 0.25) is 0 Å². The maximum atomic E-state index is 5.79. The van der Waals surface area contributed by atoms with Crippen LogP contribution >= 0.6 is 0 Å². The molecule has 0 aromatic heterocycles. The Kier molecular flexibility index (Phi) is 6.15. The molecule has 2 aliphatic carbocycles. The molecule has 0 atom stereocenters. The van der Waals surface area contributed by atoms with Gasteiger partial charge in [-0.3, -0.25) is 0 Å². The molecule has 1 heterocycles. The Hall–Kier alpha value is -0.540. The molecule has 1 spiro atoms. The van der Waals surface area contributed by atoms with E-state index in [9.17, 15) is 0 Å². The summed E-state index contributed by atoms with van der Waals surface area (Å²) in [5.41, 5.74) is 7.94. The Balaban J connectivity index is 1.41. The summed E-state index contributed by atoms with van der Waals surface area (Å²) < 4.78 is 0. The molecule has 3 nitrogen and oxygen atoms in total. The number of likely N-dealkylation sites (tertiary alicyclic amines) is 1. The molecule has 0 bridgehead atoms. The molecule has 3 aliphatic rings. The van der Waals surface area contributed by atoms with E-state index >= 15 is 0 Å². The molecule has 1 saturated heterocycles. The summed E-state index contributed by atoms with van der Waals surface area (Å²) in [5, 5.41) is 0. The van der Waals surface area contributed by atoms with Gasteiger partial charge in [0.25, 0.3) is 0 Å². The molecule has 0 radical (unpaired) electrons. The van der Waals surface area contributed by atoms with Crippen molar-refractivity contribution in [1.29, 1.82) is 0 Å². The highest BCUT2D eigenvalue weighted by Gasteiger charge is 2.45. The third kappa shape index (κ3) is 5.01. The van der Waals surface area contributed by atoms with Crippen LogP contribution in [0, 0.1) is 10.8 Å². The van der Waals surface area contributed by atoms with Crippen LogP contribution in [0.5, 0.6) is 0 Å². The van der Waals surface area contributed by atoms with Crippen LogP contribution < -0.4 is 5.73 Å². The molecule has 2 N–H and O–H groups in total. The van der Waals surface area contributed by atoms with Crippen LogP contribution in [0.2, 0.25) is 0 Å². The van der Waals surface area contributed by atoms with Crippen molar-refractivity contribution >= 4 is 0 Å². The Morgan fingerprint density at radius 2 is 1.76 bits per heavy atom. The van der Waals surface area contributed by atoms with Gasteiger partial charge in [-0.25, -0.2) is 0 Å². The predicted molar refractivity (Wildman–Crippen MR) is 108 cm³/mol. The van der Waals surface area contributed by atoms with Crippen LogP contribution in [-0.4, -0.2) is 49.1 Å². The van der Waals surface area contributed by atoms with Gasteiger partial charge >= 0.3 is 0 Å². The number of rotatable bonds is 8. The van der Waals surface area contributed by atoms with Crippen LogP contribution in [0.1, 0.15) is 77.6 Å². The molecule has 2 saturated carbocycles. The second-order valence-electron chi connectivity index (χ2n) is 9.65. The van der Waals surface area contributed by atoms with E-state index < -0.39 is 0 Å². The third-order valence-electron chi connectivity index (χ3n) is 7.62. The number of hydrogen-bond acceptors (Lipinski definition) is 3. The highest BCUT2D eigenvalue weighted by molar-refractivity contribution is 5.01. The van der Waals surface area contributed by atoms with Gasteiger partial charge < -0.3 is 15.5 Å². The zero-order valence-electron chi connectivity index (χ0n) is 16.9. The molecule has 3 rings (SSSR count). The summed E-state index contributed by atoms with van der Waals surface area (Å²) in [6.45, 7) is 11.4. The SMILES string of the molecule is C=C(N)CCC1(CN2CCC3(CCC(N(C)CCC)CC3)CC2)CC1. The van der Waals surface area contributed by atoms with Gasteiger partial charge in [-0.05, 0) is 108 Å². The van der Waals surface area contributed by atoms with Crippen molar-refractivity contribution in [3.63, 3.8) is 0 Å². The van der Waals surface area contributed by atoms with E-state index in [1.807, 2.05) is 0 Å². The number of nitrogens with zero attached hydrogens (tertiary/aromatic N) is 2. The number of nitrogens with two attached hydrogens (primary N) is 1. The minimum Gasteiger partial charge on any atom is -0.403 e. The highest BCUT2D eigenvalue weighted by Crippen LogP contribution is 2.52. The van der Waals surface area contributed by atoms with Gasteiger partial charge in [-0.2, -0.15) is 0 Å². The Morgan fingerprint density at radius 3 is 2.28 bits per heavy atom. The van der Waals surface area contributed by atoms with Crippen molar-refractivity contribution in [3.05, 3.63) is 12.3 Å². The van der Waals surface area contributed by atoms with Gasteiger partial charge in [0.05, 0.1) is 0 Å². The highest BCUT2D eigenvalue weighted by atomic mass is 15.1. The summed E-state index contributed by atoms with van der Waals surface area (Å²) in [5.74, 6) is 0. The quantitative estimate of drug-likeness (QED) is 0.707. The summed E-state index contributed by atoms with van der Waals surface area (Å²) in [6, 6.07) is 0.850. The summed E-state index contributed by atoms with van der Waals surface area (Å²) >= 11 is 0. The molecule has 25 heavy (non-hydrogen) atoms. The summed E-state index contributed by atoms with van der Waals surface area (Å²) in [7, 11) is 2.33. The second-order valence-corrected chi connectivity index (χ2v) is 9.65. The maximum absolute atomic E-state index is 5.79. The summed E-state index contributed by atoms with van der Waals surface area (Å²) in [4.78, 5) is 5.39. The smallest absolute Gasteiger partial charge is 0.00926 e. The first kappa shape index (κ1) is 19.2. The van der Waals surface area contributed by atoms with Crippen molar-refractivity contribution in [2.45, 2.75) is 83.6 Å². The molecule has 3 fully saturated rings. The van der Waals surface area contributed by atoms with Crippen molar-refractivity contribution in [1.82, 2.24) is 9.80 Å². The maximum Gasteiger partial charge on any atom is 0.00926 e. The van der Waals surface area contributed by atoms with Crippen LogP contribution in [-0.2, 0) is 0 Å². The van der Waals surface area contributed by atoms with Crippen LogP contribution in [0.3, 0.4) is 0 Å². The standard InChI is InChI=1S/C22H41N3/c1-4-15-24(3)20-6-9-21(10-7-20)13-16-25(17-14-21)18-22(11-12-22)8-5-19(2)23/h20H,2,4-18,23H2,1,3H3. The fourth-order valence-corrected chi connectivity index (χ4v) is 5.44. The van der Waals surface area contributed by atoms with Crippen molar-refractivity contribution < 1.29 is 0 Å². The van der Waals surface area contributed by atoms with E-state index in [1.165, 1.54) is 90.4 Å². The van der Waals surface area contributed by atoms with Crippen LogP contribution in [0.25, 0.3) is 0 Å². The van der Waals surface area contributed by atoms with E-state index in [1.54, 1.807) is 0 Å². The first-order chi connectivity index (χ1) is 12.0. The third-order valence-corrected chi connectivity index (χ3v) is 7.62. The molecule has 144 valence electrons. The van der Waals surface area contributed by atoms with Gasteiger partial charge in [-0.15, -0.1) is 0 Å². The molecule has 1 aliphatic heterocycles. The van der Waals surface area contributed by atoms with Gasteiger partial charge in [-0.1, -0.05) is 13.5 Å². The van der Waals surface area contributed by atoms with Gasteiger partial charge in [0.15, 0.2) is 0 Å². The molecular weight excluding hydrogens is 306 g/mol. The molecule has 3 heteroatoms. The lowest BCUT2D eigenvalue weighted by atomic mass is 9.66. The van der Waals surface area contributed by atoms with Crippen molar-refractivity contribution in [3.8, 4) is 0 Å². The number of allylic oxidation sites excluding steroid dienone is 1. The van der Waals surface area contributed by atoms with E-state index in [0.29, 0.717) is 10.8 Å². The van der Waals surface area contributed by atoms with Gasteiger partial charge in [0, 0.05) is 18.3 Å². The molecule has 0 aromatic rings. The topological polar surface area (TPSA) is 32.5 Å². The number of hydrogen-bond donors (Lipinski definition) is 1. The molecule has 0 aromatic carbocycles. The lowest BCUT2D eigenvalue weighted by Gasteiger charge is -2.48. The monoisotopic (exact) mass is 347 g/mol. The van der Waals surface area contributed by atoms with Crippen molar-refractivity contribution in [2.24, 2.45) is 16.6 Å². The van der Waals surface area contributed by atoms with E-state index in [-0.39, 0.29) is 0 Å². The Labute approximate surface area is 156 Å². The van der Waals surface area contributed by atoms with Crippen LogP contribution in [0.4, 0.5) is 0 Å². The lowest BCUT2D eigenvalue weighted by molar-refractivity contribution is 0.0313. The van der Waals surface area contributed by atoms with Gasteiger partial charge in [0.1, 0.15) is 0 Å². The lowest BCUT2D eigenvalue weighted by Crippen LogP contribution is -2.46. The molecular formula is C22H41N3. The number of piperidine rings is 1. The average molecular weight is 348 g/mol. The zero-order chi connectivity index (χ0) is 17.9. The second kappa shape index (κ2) is 8.00. The fraction of sp³-hybridized carbons (Fsp3) is 0.909. The Bertz CT molecular complexity index is 436. The average Bonchev–Trinajstić information content (AvgIpc) is 3.36. The van der Waals surface area contributed by atoms with Crippen LogP contribution in [0.15, 0.2) is 12.3 Å². The normalized spacial score (nSPS) is 26.2. The fourth-order valence-electron chi connectivity index (χ4n) is 5.44. The molecule has 0 amide bonds. The zero-order valence-corrected chi connectivity index (χ0v) is 16.9. The molecule has 0 unspecified atom stereocenters. The first-order valence-corrected chi connectivity index (χ1v) is 10.8.